The fraction of sp³-hybridized carbons (Fsp3) is 0.533. The van der Waals surface area contributed by atoms with Gasteiger partial charge in [0.15, 0.2) is 4.77 Å². The van der Waals surface area contributed by atoms with Crippen LogP contribution in [0.4, 0.5) is 4.39 Å². The van der Waals surface area contributed by atoms with Gasteiger partial charge in [0.1, 0.15) is 5.82 Å². The SMILES string of the molecule is CC(C)N1CCC(Cn2c(=S)[nH]c3cc(I)c(F)cc32)C1. The molecule has 0 spiro atoms. The van der Waals surface area contributed by atoms with Crippen LogP contribution in [0.25, 0.3) is 11.0 Å². The minimum Gasteiger partial charge on any atom is -0.331 e. The smallest absolute Gasteiger partial charge is 0.178 e. The van der Waals surface area contributed by atoms with Gasteiger partial charge in [-0.1, -0.05) is 0 Å². The minimum absolute atomic E-state index is 0.180. The summed E-state index contributed by atoms with van der Waals surface area (Å²) in [5.41, 5.74) is 1.80. The van der Waals surface area contributed by atoms with Gasteiger partial charge in [-0.2, -0.15) is 0 Å². The Kier molecular flexibility index (Phi) is 4.38. The predicted molar refractivity (Wildman–Crippen MR) is 94.6 cm³/mol. The molecule has 1 unspecified atom stereocenters. The molecule has 1 aliphatic heterocycles. The van der Waals surface area contributed by atoms with Crippen LogP contribution in [0.5, 0.6) is 0 Å². The Morgan fingerprint density at radius 2 is 2.24 bits per heavy atom. The molecule has 1 saturated heterocycles. The number of imidazole rings is 1. The van der Waals surface area contributed by atoms with Crippen molar-refractivity contribution in [3.05, 3.63) is 26.3 Å². The average molecular weight is 419 g/mol. The summed E-state index contributed by atoms with van der Waals surface area (Å²) in [4.78, 5) is 5.69. The molecule has 1 aliphatic rings. The summed E-state index contributed by atoms with van der Waals surface area (Å²) in [6, 6.07) is 4.01. The number of likely N-dealkylation sites (tertiary alicyclic amines) is 1. The van der Waals surface area contributed by atoms with Crippen LogP contribution < -0.4 is 0 Å². The number of hydrogen-bond donors (Lipinski definition) is 1. The molecular formula is C15H19FIN3S. The third-order valence-electron chi connectivity index (χ3n) is 4.30. The number of benzene rings is 1. The molecule has 0 bridgehead atoms. The molecule has 1 atom stereocenters. The molecule has 2 heterocycles. The van der Waals surface area contributed by atoms with Crippen LogP contribution in [-0.4, -0.2) is 33.6 Å². The number of fused-ring (bicyclic) bond motifs is 1. The van der Waals surface area contributed by atoms with Crippen molar-refractivity contribution in [2.75, 3.05) is 13.1 Å². The number of nitrogens with one attached hydrogen (secondary N) is 1. The van der Waals surface area contributed by atoms with Crippen LogP contribution in [0.1, 0.15) is 20.3 Å². The first-order chi connectivity index (χ1) is 9.95. The fourth-order valence-corrected chi connectivity index (χ4v) is 3.82. The van der Waals surface area contributed by atoms with Crippen molar-refractivity contribution in [3.8, 4) is 0 Å². The summed E-state index contributed by atoms with van der Waals surface area (Å²) < 4.78 is 17.2. The molecule has 0 radical (unpaired) electrons. The maximum Gasteiger partial charge on any atom is 0.178 e. The fourth-order valence-electron chi connectivity index (χ4n) is 3.07. The number of nitrogens with zero attached hydrogens (tertiary/aromatic N) is 2. The van der Waals surface area contributed by atoms with E-state index in [-0.39, 0.29) is 5.82 Å². The molecule has 0 aliphatic carbocycles. The first-order valence-corrected chi connectivity index (χ1v) is 8.76. The lowest BCUT2D eigenvalue weighted by molar-refractivity contribution is 0.261. The van der Waals surface area contributed by atoms with Gasteiger partial charge in [-0.25, -0.2) is 4.39 Å². The van der Waals surface area contributed by atoms with Crippen molar-refractivity contribution >= 4 is 45.8 Å². The summed E-state index contributed by atoms with van der Waals surface area (Å²) in [5, 5.41) is 0. The normalized spacial score (nSPS) is 20.0. The molecule has 21 heavy (non-hydrogen) atoms. The standard InChI is InChI=1S/C15H19FIN3S/c1-9(2)19-4-3-10(7-19)8-20-14-5-11(16)12(17)6-13(14)18-15(20)21/h5-6,9-10H,3-4,7-8H2,1-2H3,(H,18,21). The molecule has 2 aromatic rings. The molecule has 1 N–H and O–H groups in total. The summed E-state index contributed by atoms with van der Waals surface area (Å²) in [6.45, 7) is 7.57. The van der Waals surface area contributed by atoms with Gasteiger partial charge in [-0.05, 0) is 73.6 Å². The number of rotatable bonds is 3. The van der Waals surface area contributed by atoms with Gasteiger partial charge in [-0.15, -0.1) is 0 Å². The molecular weight excluding hydrogens is 400 g/mol. The first kappa shape index (κ1) is 15.4. The number of aromatic nitrogens is 2. The second kappa shape index (κ2) is 5.96. The zero-order valence-corrected chi connectivity index (χ0v) is 15.2. The zero-order chi connectivity index (χ0) is 15.1. The molecule has 0 saturated carbocycles. The highest BCUT2D eigenvalue weighted by Gasteiger charge is 2.25. The van der Waals surface area contributed by atoms with Gasteiger partial charge >= 0.3 is 0 Å². The van der Waals surface area contributed by atoms with Gasteiger partial charge in [0.25, 0.3) is 0 Å². The number of aromatic amines is 1. The summed E-state index contributed by atoms with van der Waals surface area (Å²) in [5.74, 6) is 0.404. The highest BCUT2D eigenvalue weighted by molar-refractivity contribution is 14.1. The summed E-state index contributed by atoms with van der Waals surface area (Å²) >= 11 is 7.43. The predicted octanol–water partition coefficient (Wildman–Crippen LogP) is 4.17. The van der Waals surface area contributed by atoms with Gasteiger partial charge < -0.3 is 14.5 Å². The van der Waals surface area contributed by atoms with Crippen LogP contribution in [-0.2, 0) is 6.54 Å². The molecule has 1 aromatic carbocycles. The van der Waals surface area contributed by atoms with Crippen LogP contribution >= 0.6 is 34.8 Å². The van der Waals surface area contributed by atoms with E-state index in [0.29, 0.717) is 20.3 Å². The van der Waals surface area contributed by atoms with Crippen LogP contribution in [0, 0.1) is 20.1 Å². The molecule has 0 amide bonds. The van der Waals surface area contributed by atoms with Crippen molar-refractivity contribution in [1.29, 1.82) is 0 Å². The highest BCUT2D eigenvalue weighted by atomic mass is 127. The van der Waals surface area contributed by atoms with E-state index in [1.165, 1.54) is 6.42 Å². The largest absolute Gasteiger partial charge is 0.331 e. The second-order valence-electron chi connectivity index (χ2n) is 6.07. The Balaban J connectivity index is 1.89. The summed E-state index contributed by atoms with van der Waals surface area (Å²) in [7, 11) is 0. The zero-order valence-electron chi connectivity index (χ0n) is 12.2. The minimum atomic E-state index is -0.180. The highest BCUT2D eigenvalue weighted by Crippen LogP contribution is 2.25. The van der Waals surface area contributed by atoms with E-state index in [0.717, 1.165) is 30.7 Å². The number of halogens is 2. The van der Waals surface area contributed by atoms with Crippen molar-refractivity contribution in [3.63, 3.8) is 0 Å². The number of H-pyrrole nitrogens is 1. The Bertz CT molecular complexity index is 722. The Morgan fingerprint density at radius 1 is 1.48 bits per heavy atom. The maximum atomic E-state index is 13.8. The lowest BCUT2D eigenvalue weighted by Crippen LogP contribution is -2.28. The second-order valence-corrected chi connectivity index (χ2v) is 7.62. The Hall–Kier alpha value is -0.470. The third-order valence-corrected chi connectivity index (χ3v) is 5.45. The van der Waals surface area contributed by atoms with Crippen molar-refractivity contribution in [1.82, 2.24) is 14.5 Å². The van der Waals surface area contributed by atoms with E-state index in [1.807, 2.05) is 28.7 Å². The van der Waals surface area contributed by atoms with Crippen molar-refractivity contribution in [2.45, 2.75) is 32.9 Å². The lowest BCUT2D eigenvalue weighted by atomic mass is 10.1. The lowest BCUT2D eigenvalue weighted by Gasteiger charge is -2.20. The molecule has 114 valence electrons. The molecule has 3 nitrogen and oxygen atoms in total. The van der Waals surface area contributed by atoms with Gasteiger partial charge in [0.2, 0.25) is 0 Å². The molecule has 1 aromatic heterocycles. The van der Waals surface area contributed by atoms with Crippen molar-refractivity contribution in [2.24, 2.45) is 5.92 Å². The van der Waals surface area contributed by atoms with E-state index >= 15 is 0 Å². The third kappa shape index (κ3) is 3.03. The number of hydrogen-bond acceptors (Lipinski definition) is 2. The Morgan fingerprint density at radius 3 is 2.90 bits per heavy atom. The quantitative estimate of drug-likeness (QED) is 0.597. The molecule has 1 fully saturated rings. The van der Waals surface area contributed by atoms with Gasteiger partial charge in [0, 0.05) is 25.2 Å². The molecule has 3 rings (SSSR count). The van der Waals surface area contributed by atoms with Crippen LogP contribution in [0.2, 0.25) is 0 Å². The average Bonchev–Trinajstić information content (AvgIpc) is 2.98. The van der Waals surface area contributed by atoms with E-state index in [2.05, 4.69) is 28.3 Å². The van der Waals surface area contributed by atoms with E-state index in [4.69, 9.17) is 12.2 Å². The topological polar surface area (TPSA) is 24.0 Å². The van der Waals surface area contributed by atoms with Crippen molar-refractivity contribution < 1.29 is 4.39 Å². The van der Waals surface area contributed by atoms with Crippen LogP contribution in [0.3, 0.4) is 0 Å². The van der Waals surface area contributed by atoms with Gasteiger partial charge in [-0.3, -0.25) is 0 Å². The van der Waals surface area contributed by atoms with E-state index in [1.54, 1.807) is 6.07 Å². The van der Waals surface area contributed by atoms with Gasteiger partial charge in [0.05, 0.1) is 14.6 Å². The Labute approximate surface area is 142 Å². The maximum absolute atomic E-state index is 13.8. The first-order valence-electron chi connectivity index (χ1n) is 7.27. The van der Waals surface area contributed by atoms with Crippen LogP contribution in [0.15, 0.2) is 12.1 Å². The summed E-state index contributed by atoms with van der Waals surface area (Å²) in [6.07, 6.45) is 1.18. The molecule has 6 heteroatoms. The van der Waals surface area contributed by atoms with E-state index < -0.39 is 0 Å². The van der Waals surface area contributed by atoms with E-state index in [9.17, 15) is 4.39 Å². The monoisotopic (exact) mass is 419 g/mol.